The molecule has 0 saturated heterocycles. The van der Waals surface area contributed by atoms with E-state index in [0.29, 0.717) is 5.56 Å². The van der Waals surface area contributed by atoms with Gasteiger partial charge >= 0.3 is 0 Å². The second-order valence-electron chi connectivity index (χ2n) is 7.93. The van der Waals surface area contributed by atoms with E-state index in [1.807, 2.05) is 0 Å². The highest BCUT2D eigenvalue weighted by molar-refractivity contribution is 7.09. The summed E-state index contributed by atoms with van der Waals surface area (Å²) in [4.78, 5) is 39.9. The van der Waals surface area contributed by atoms with Crippen LogP contribution in [-0.2, 0) is 9.53 Å². The Kier molecular flexibility index (Phi) is 8.34. The fourth-order valence-corrected chi connectivity index (χ4v) is 4.70. The molecule has 3 rings (SSSR count). The highest BCUT2D eigenvalue weighted by Gasteiger charge is 2.35. The average Bonchev–Trinajstić information content (AvgIpc) is 3.19. The van der Waals surface area contributed by atoms with Gasteiger partial charge in [-0.25, -0.2) is 4.39 Å². The van der Waals surface area contributed by atoms with E-state index in [9.17, 15) is 18.8 Å². The van der Waals surface area contributed by atoms with Gasteiger partial charge in [-0.05, 0) is 42.1 Å². The number of nitrogens with zero attached hydrogens (tertiary/aromatic N) is 2. The van der Waals surface area contributed by atoms with Crippen LogP contribution in [0.5, 0.6) is 0 Å². The summed E-state index contributed by atoms with van der Waals surface area (Å²) < 4.78 is 22.7. The zero-order chi connectivity index (χ0) is 24.0. The van der Waals surface area contributed by atoms with Gasteiger partial charge in [-0.1, -0.05) is 31.4 Å². The van der Waals surface area contributed by atoms with Crippen molar-refractivity contribution in [2.75, 3.05) is 26.0 Å². The maximum Gasteiger partial charge on any atom is 0.270 e. The van der Waals surface area contributed by atoms with Gasteiger partial charge in [-0.3, -0.25) is 14.4 Å². The first-order valence-electron chi connectivity index (χ1n) is 10.7. The fraction of sp³-hybridized carbons (Fsp3) is 0.455. The lowest BCUT2D eigenvalue weighted by Crippen LogP contribution is -2.48. The number of hydrogen-bond donors (Lipinski definition) is 3. The number of rotatable bonds is 9. The maximum atomic E-state index is 13.6. The molecule has 3 amide bonds. The molecule has 1 fully saturated rings. The molecule has 9 nitrogen and oxygen atoms in total. The molecule has 0 radical (unpaired) electrons. The lowest BCUT2D eigenvalue weighted by atomic mass is 9.94. The van der Waals surface area contributed by atoms with Crippen LogP contribution >= 0.6 is 11.5 Å². The number of carbonyl (C=O) groups excluding carboxylic acids is 3. The molecule has 0 unspecified atom stereocenters. The number of nitrogens with two attached hydrogens (primary N) is 2. The minimum Gasteiger partial charge on any atom is -0.395 e. The number of primary amides is 1. The second kappa shape index (κ2) is 11.2. The van der Waals surface area contributed by atoms with Crippen LogP contribution in [0.1, 0.15) is 63.9 Å². The van der Waals surface area contributed by atoms with Crippen LogP contribution < -0.4 is 16.8 Å². The van der Waals surface area contributed by atoms with Crippen LogP contribution in [0.4, 0.5) is 10.1 Å². The van der Waals surface area contributed by atoms with Crippen LogP contribution in [0.15, 0.2) is 24.3 Å². The molecule has 0 bridgehead atoms. The van der Waals surface area contributed by atoms with Crippen molar-refractivity contribution >= 4 is 34.9 Å². The number of aromatic nitrogens is 1. The summed E-state index contributed by atoms with van der Waals surface area (Å²) in [6.07, 6.45) is 4.88. The van der Waals surface area contributed by atoms with E-state index in [-0.39, 0.29) is 41.4 Å². The monoisotopic (exact) mass is 477 g/mol. The normalized spacial score (nSPS) is 15.1. The van der Waals surface area contributed by atoms with E-state index in [2.05, 4.69) is 9.69 Å². The van der Waals surface area contributed by atoms with Gasteiger partial charge in [0.15, 0.2) is 5.69 Å². The Morgan fingerprint density at radius 1 is 1.24 bits per heavy atom. The largest absolute Gasteiger partial charge is 0.395 e. The molecule has 1 saturated carbocycles. The van der Waals surface area contributed by atoms with Gasteiger partial charge < -0.3 is 26.4 Å². The second-order valence-corrected chi connectivity index (χ2v) is 8.70. The number of nitrogen functional groups attached to an aromatic ring is 1. The first-order valence-corrected chi connectivity index (χ1v) is 11.5. The summed E-state index contributed by atoms with van der Waals surface area (Å²) in [6, 6.07) is 4.36. The predicted molar refractivity (Wildman–Crippen MR) is 122 cm³/mol. The number of carbonyl (C=O) groups is 3. The van der Waals surface area contributed by atoms with Gasteiger partial charge in [-0.15, -0.1) is 0 Å². The molecule has 0 aliphatic heterocycles. The summed E-state index contributed by atoms with van der Waals surface area (Å²) in [6.45, 7) is 0.195. The molecule has 1 heterocycles. The van der Waals surface area contributed by atoms with Gasteiger partial charge in [0.05, 0.1) is 12.3 Å². The number of hydrogen-bond acceptors (Lipinski definition) is 7. The van der Waals surface area contributed by atoms with E-state index in [0.717, 1.165) is 43.6 Å². The highest BCUT2D eigenvalue weighted by atomic mass is 32.1. The standard InChI is InChI=1S/C22H28FN5O4S/c1-32-12-11-28(22(31)19-16(24)17(20(25)29)27-33-19)18(13-7-9-14(23)10-8-13)21(30)26-15-5-3-2-4-6-15/h7-10,15,18H,2-6,11-12,24H2,1H3,(H2,25,29)(H,26,30)/t18-/m0/s1. The minimum absolute atomic E-state index is 0.00233. The van der Waals surface area contributed by atoms with Crippen LogP contribution in [0.2, 0.25) is 0 Å². The van der Waals surface area contributed by atoms with E-state index < -0.39 is 23.7 Å². The Morgan fingerprint density at radius 2 is 1.91 bits per heavy atom. The van der Waals surface area contributed by atoms with Crippen LogP contribution in [-0.4, -0.2) is 53.3 Å². The number of anilines is 1. The lowest BCUT2D eigenvalue weighted by Gasteiger charge is -2.33. The Hall–Kier alpha value is -3.05. The molecular weight excluding hydrogens is 449 g/mol. The fourth-order valence-electron chi connectivity index (χ4n) is 3.94. The van der Waals surface area contributed by atoms with Gasteiger partial charge in [0, 0.05) is 19.7 Å². The van der Waals surface area contributed by atoms with E-state index in [1.165, 1.54) is 36.3 Å². The van der Waals surface area contributed by atoms with E-state index in [4.69, 9.17) is 16.2 Å². The molecule has 2 aromatic rings. The summed E-state index contributed by atoms with van der Waals surface area (Å²) >= 11 is 0.737. The lowest BCUT2D eigenvalue weighted by molar-refractivity contribution is -0.127. The van der Waals surface area contributed by atoms with Crippen molar-refractivity contribution in [1.82, 2.24) is 14.6 Å². The van der Waals surface area contributed by atoms with Crippen molar-refractivity contribution in [1.29, 1.82) is 0 Å². The topological polar surface area (TPSA) is 141 Å². The molecule has 0 spiro atoms. The molecule has 1 aromatic carbocycles. The SMILES string of the molecule is COCCN(C(=O)c1snc(C(N)=O)c1N)[C@H](C(=O)NC1CCCCC1)c1ccc(F)cc1. The van der Waals surface area contributed by atoms with Gasteiger partial charge in [0.2, 0.25) is 5.91 Å². The number of halogens is 1. The molecule has 33 heavy (non-hydrogen) atoms. The molecule has 178 valence electrons. The summed E-state index contributed by atoms with van der Waals surface area (Å²) in [5.74, 6) is -2.28. The number of nitrogens with one attached hydrogen (secondary N) is 1. The molecule has 5 N–H and O–H groups in total. The molecule has 1 aromatic heterocycles. The maximum absolute atomic E-state index is 13.6. The molecule has 11 heteroatoms. The van der Waals surface area contributed by atoms with Crippen molar-refractivity contribution in [3.63, 3.8) is 0 Å². The van der Waals surface area contributed by atoms with Crippen molar-refractivity contribution in [2.45, 2.75) is 44.2 Å². The molecule has 1 aliphatic rings. The van der Waals surface area contributed by atoms with Crippen LogP contribution in [0, 0.1) is 5.82 Å². The Balaban J connectivity index is 1.99. The zero-order valence-electron chi connectivity index (χ0n) is 18.4. The summed E-state index contributed by atoms with van der Waals surface area (Å²) in [7, 11) is 1.48. The third-order valence-corrected chi connectivity index (χ3v) is 6.50. The third-order valence-electron chi connectivity index (χ3n) is 5.65. The smallest absolute Gasteiger partial charge is 0.270 e. The number of benzene rings is 1. The number of ether oxygens (including phenoxy) is 1. The molecular formula is C22H28FN5O4S. The van der Waals surface area contributed by atoms with Gasteiger partial charge in [0.1, 0.15) is 16.7 Å². The first-order chi connectivity index (χ1) is 15.8. The number of amides is 3. The predicted octanol–water partition coefficient (Wildman–Crippen LogP) is 2.24. The number of methoxy groups -OCH3 is 1. The van der Waals surface area contributed by atoms with Crippen molar-refractivity contribution in [2.24, 2.45) is 5.73 Å². The van der Waals surface area contributed by atoms with Crippen LogP contribution in [0.3, 0.4) is 0 Å². The van der Waals surface area contributed by atoms with Gasteiger partial charge in [0.25, 0.3) is 11.8 Å². The summed E-state index contributed by atoms with van der Waals surface area (Å²) in [5.41, 5.74) is 11.4. The summed E-state index contributed by atoms with van der Waals surface area (Å²) in [5, 5.41) is 3.05. The minimum atomic E-state index is -1.06. The van der Waals surface area contributed by atoms with Crippen molar-refractivity contribution in [3.05, 3.63) is 46.2 Å². The Labute approximate surface area is 195 Å². The molecule has 1 aliphatic carbocycles. The Morgan fingerprint density at radius 3 is 2.48 bits per heavy atom. The molecule has 1 atom stereocenters. The highest BCUT2D eigenvalue weighted by Crippen LogP contribution is 2.29. The quantitative estimate of drug-likeness (QED) is 0.506. The van der Waals surface area contributed by atoms with E-state index >= 15 is 0 Å². The first kappa shape index (κ1) is 24.6. The average molecular weight is 478 g/mol. The van der Waals surface area contributed by atoms with E-state index in [1.54, 1.807) is 0 Å². The van der Waals surface area contributed by atoms with Crippen LogP contribution in [0.25, 0.3) is 0 Å². The third kappa shape index (κ3) is 5.85. The Bertz CT molecular complexity index is 991. The zero-order valence-corrected chi connectivity index (χ0v) is 19.2. The van der Waals surface area contributed by atoms with Crippen molar-refractivity contribution in [3.8, 4) is 0 Å². The van der Waals surface area contributed by atoms with Crippen molar-refractivity contribution < 1.29 is 23.5 Å². The van der Waals surface area contributed by atoms with Gasteiger partial charge in [-0.2, -0.15) is 4.37 Å².